The topological polar surface area (TPSA) is 59.4 Å². The lowest BCUT2D eigenvalue weighted by Crippen LogP contribution is -2.06. The molecule has 0 aliphatic rings. The van der Waals surface area contributed by atoms with E-state index >= 15 is 0 Å². The van der Waals surface area contributed by atoms with Crippen LogP contribution in [0.15, 0.2) is 18.2 Å². The number of carboxylic acids is 1. The quantitative estimate of drug-likeness (QED) is 0.914. The summed E-state index contributed by atoms with van der Waals surface area (Å²) in [6, 6.07) is 5.45. The third-order valence-electron chi connectivity index (χ3n) is 1.84. The molecule has 16 heavy (non-hydrogen) atoms. The van der Waals surface area contributed by atoms with Crippen LogP contribution in [0.1, 0.15) is 5.01 Å². The van der Waals surface area contributed by atoms with Gasteiger partial charge in [0.1, 0.15) is 11.6 Å². The van der Waals surface area contributed by atoms with Crippen molar-refractivity contribution >= 4 is 39.1 Å². The molecule has 84 valence electrons. The van der Waals surface area contributed by atoms with Crippen molar-refractivity contribution in [1.82, 2.24) is 4.98 Å². The van der Waals surface area contributed by atoms with Crippen LogP contribution in [-0.4, -0.2) is 22.7 Å². The molecule has 0 fully saturated rings. The third-order valence-corrected chi connectivity index (χ3v) is 3.09. The van der Waals surface area contributed by atoms with E-state index in [0.717, 1.165) is 15.2 Å². The fourth-order valence-electron chi connectivity index (χ4n) is 1.24. The van der Waals surface area contributed by atoms with Gasteiger partial charge in [-0.05, 0) is 18.2 Å². The molecule has 2 rings (SSSR count). The second-order valence-electron chi connectivity index (χ2n) is 3.11. The molecular formula is C10H8ClNO3S. The molecule has 0 unspecified atom stereocenters. The van der Waals surface area contributed by atoms with Gasteiger partial charge in [0.25, 0.3) is 0 Å². The minimum Gasteiger partial charge on any atom is -0.480 e. The average molecular weight is 258 g/mol. The Kier molecular flexibility index (Phi) is 3.38. The van der Waals surface area contributed by atoms with Crippen molar-refractivity contribution in [2.24, 2.45) is 0 Å². The van der Waals surface area contributed by atoms with E-state index in [2.05, 4.69) is 4.98 Å². The molecule has 1 N–H and O–H groups in total. The summed E-state index contributed by atoms with van der Waals surface area (Å²) in [5.74, 6) is -0.982. The number of carboxylic acid groups (broad SMARTS) is 1. The minimum atomic E-state index is -0.982. The Morgan fingerprint density at radius 1 is 1.56 bits per heavy atom. The maximum Gasteiger partial charge on any atom is 0.329 e. The number of benzene rings is 1. The van der Waals surface area contributed by atoms with Crippen molar-refractivity contribution in [1.29, 1.82) is 0 Å². The lowest BCUT2D eigenvalue weighted by Gasteiger charge is -1.95. The molecular weight excluding hydrogens is 250 g/mol. The Hall–Kier alpha value is -1.17. The number of carbonyl (C=O) groups is 1. The van der Waals surface area contributed by atoms with Gasteiger partial charge in [-0.15, -0.1) is 11.3 Å². The zero-order valence-electron chi connectivity index (χ0n) is 8.14. The van der Waals surface area contributed by atoms with Gasteiger partial charge in [0.15, 0.2) is 0 Å². The normalized spacial score (nSPS) is 10.8. The summed E-state index contributed by atoms with van der Waals surface area (Å²) in [5.41, 5.74) is 0.812. The van der Waals surface area contributed by atoms with Crippen LogP contribution in [0, 0.1) is 0 Å². The zero-order valence-corrected chi connectivity index (χ0v) is 9.72. The molecule has 0 bridgehead atoms. The van der Waals surface area contributed by atoms with Crippen LogP contribution in [0.2, 0.25) is 5.02 Å². The van der Waals surface area contributed by atoms with E-state index in [0.29, 0.717) is 5.02 Å². The first-order chi connectivity index (χ1) is 7.65. The maximum absolute atomic E-state index is 10.2. The predicted octanol–water partition coefficient (Wildman–Crippen LogP) is 2.55. The van der Waals surface area contributed by atoms with Crippen LogP contribution in [0.25, 0.3) is 10.2 Å². The third kappa shape index (κ3) is 2.69. The SMILES string of the molecule is O=C(O)COCc1nc2cc(Cl)ccc2s1. The van der Waals surface area contributed by atoms with E-state index in [1.807, 2.05) is 6.07 Å². The fourth-order valence-corrected chi connectivity index (χ4v) is 2.29. The number of ether oxygens (including phenoxy) is 1. The molecule has 0 saturated heterocycles. The Morgan fingerprint density at radius 2 is 2.38 bits per heavy atom. The van der Waals surface area contributed by atoms with Gasteiger partial charge < -0.3 is 9.84 Å². The van der Waals surface area contributed by atoms with Crippen LogP contribution in [0.3, 0.4) is 0 Å². The first kappa shape index (κ1) is 11.3. The summed E-state index contributed by atoms with van der Waals surface area (Å²) in [7, 11) is 0. The number of halogens is 1. The molecule has 4 nitrogen and oxygen atoms in total. The second kappa shape index (κ2) is 4.78. The molecule has 0 atom stereocenters. The molecule has 1 aromatic carbocycles. The van der Waals surface area contributed by atoms with E-state index < -0.39 is 5.97 Å². The van der Waals surface area contributed by atoms with Gasteiger partial charge in [-0.2, -0.15) is 0 Å². The number of hydrogen-bond donors (Lipinski definition) is 1. The number of thiazole rings is 1. The summed E-state index contributed by atoms with van der Waals surface area (Å²) in [6.45, 7) is -0.0973. The highest BCUT2D eigenvalue weighted by molar-refractivity contribution is 7.18. The van der Waals surface area contributed by atoms with Gasteiger partial charge in [0.2, 0.25) is 0 Å². The van der Waals surface area contributed by atoms with Gasteiger partial charge in [0, 0.05) is 5.02 Å². The lowest BCUT2D eigenvalue weighted by atomic mass is 10.3. The summed E-state index contributed by atoms with van der Waals surface area (Å²) in [6.07, 6.45) is 0. The molecule has 0 spiro atoms. The van der Waals surface area contributed by atoms with Crippen LogP contribution >= 0.6 is 22.9 Å². The van der Waals surface area contributed by atoms with Gasteiger partial charge in [-0.3, -0.25) is 0 Å². The smallest absolute Gasteiger partial charge is 0.329 e. The first-order valence-corrected chi connectivity index (χ1v) is 5.69. The minimum absolute atomic E-state index is 0.212. The van der Waals surface area contributed by atoms with Crippen molar-refractivity contribution in [3.05, 3.63) is 28.2 Å². The largest absolute Gasteiger partial charge is 0.480 e. The zero-order chi connectivity index (χ0) is 11.5. The number of aliphatic carboxylic acids is 1. The predicted molar refractivity (Wildman–Crippen MR) is 61.9 cm³/mol. The van der Waals surface area contributed by atoms with Crippen molar-refractivity contribution in [2.75, 3.05) is 6.61 Å². The Balaban J connectivity index is 2.10. The van der Waals surface area contributed by atoms with Gasteiger partial charge in [-0.25, -0.2) is 9.78 Å². The molecule has 0 amide bonds. The van der Waals surface area contributed by atoms with E-state index in [9.17, 15) is 4.79 Å². The van der Waals surface area contributed by atoms with Crippen molar-refractivity contribution in [3.63, 3.8) is 0 Å². The summed E-state index contributed by atoms with van der Waals surface area (Å²) in [4.78, 5) is 14.5. The second-order valence-corrected chi connectivity index (χ2v) is 4.66. The number of aromatic nitrogens is 1. The number of rotatable bonds is 4. The first-order valence-electron chi connectivity index (χ1n) is 4.49. The summed E-state index contributed by atoms with van der Waals surface area (Å²) >= 11 is 7.30. The van der Waals surface area contributed by atoms with Gasteiger partial charge in [-0.1, -0.05) is 11.6 Å². The molecule has 0 aliphatic carbocycles. The van der Waals surface area contributed by atoms with E-state index in [1.54, 1.807) is 12.1 Å². The standard InChI is InChI=1S/C10H8ClNO3S/c11-6-1-2-8-7(3-6)12-9(16-8)4-15-5-10(13)14/h1-3H,4-5H2,(H,13,14). The molecule has 2 aromatic rings. The van der Waals surface area contributed by atoms with Crippen molar-refractivity contribution in [2.45, 2.75) is 6.61 Å². The Morgan fingerprint density at radius 3 is 3.12 bits per heavy atom. The highest BCUT2D eigenvalue weighted by Gasteiger charge is 2.05. The number of fused-ring (bicyclic) bond motifs is 1. The Bertz CT molecular complexity index is 526. The molecule has 0 aliphatic heterocycles. The van der Waals surface area contributed by atoms with E-state index in [-0.39, 0.29) is 13.2 Å². The number of nitrogens with zero attached hydrogens (tertiary/aromatic N) is 1. The monoisotopic (exact) mass is 257 g/mol. The summed E-state index contributed by atoms with van der Waals surface area (Å²) < 4.78 is 5.97. The molecule has 0 radical (unpaired) electrons. The molecule has 6 heteroatoms. The Labute approximate surface area is 100 Å². The van der Waals surface area contributed by atoms with Crippen molar-refractivity contribution < 1.29 is 14.6 Å². The highest BCUT2D eigenvalue weighted by Crippen LogP contribution is 2.25. The lowest BCUT2D eigenvalue weighted by molar-refractivity contribution is -0.142. The van der Waals surface area contributed by atoms with Gasteiger partial charge >= 0.3 is 5.97 Å². The van der Waals surface area contributed by atoms with E-state index in [1.165, 1.54) is 11.3 Å². The fraction of sp³-hybridized carbons (Fsp3) is 0.200. The van der Waals surface area contributed by atoms with Crippen LogP contribution in [-0.2, 0) is 16.1 Å². The van der Waals surface area contributed by atoms with Crippen LogP contribution < -0.4 is 0 Å². The van der Waals surface area contributed by atoms with E-state index in [4.69, 9.17) is 21.4 Å². The summed E-state index contributed by atoms with van der Waals surface area (Å²) in [5, 5.41) is 9.79. The highest BCUT2D eigenvalue weighted by atomic mass is 35.5. The molecule has 1 heterocycles. The number of hydrogen-bond acceptors (Lipinski definition) is 4. The van der Waals surface area contributed by atoms with Gasteiger partial charge in [0.05, 0.1) is 16.8 Å². The van der Waals surface area contributed by atoms with Crippen LogP contribution in [0.5, 0.6) is 0 Å². The molecule has 1 aromatic heterocycles. The average Bonchev–Trinajstić information content (AvgIpc) is 2.58. The van der Waals surface area contributed by atoms with Crippen LogP contribution in [0.4, 0.5) is 0 Å². The maximum atomic E-state index is 10.2. The van der Waals surface area contributed by atoms with Crippen molar-refractivity contribution in [3.8, 4) is 0 Å². The molecule has 0 saturated carbocycles.